The van der Waals surface area contributed by atoms with Crippen LogP contribution in [-0.2, 0) is 6.18 Å². The molecule has 122 valence electrons. The van der Waals surface area contributed by atoms with Crippen molar-refractivity contribution < 1.29 is 22.7 Å². The van der Waals surface area contributed by atoms with E-state index in [0.29, 0.717) is 26.2 Å². The van der Waals surface area contributed by atoms with Crippen molar-refractivity contribution in [3.63, 3.8) is 0 Å². The Morgan fingerprint density at radius 1 is 1.13 bits per heavy atom. The van der Waals surface area contributed by atoms with Crippen LogP contribution < -0.4 is 4.74 Å². The van der Waals surface area contributed by atoms with Crippen LogP contribution in [0.3, 0.4) is 0 Å². The molecule has 2 aliphatic heterocycles. The van der Waals surface area contributed by atoms with Gasteiger partial charge in [-0.25, -0.2) is 4.79 Å². The highest BCUT2D eigenvalue weighted by atomic mass is 19.4. The number of rotatable bonds is 1. The molecule has 3 rings (SSSR count). The van der Waals surface area contributed by atoms with Crippen LogP contribution in [0.2, 0.25) is 0 Å². The van der Waals surface area contributed by atoms with Crippen molar-refractivity contribution in [3.8, 4) is 11.9 Å². The lowest BCUT2D eigenvalue weighted by atomic mass is 10.0. The van der Waals surface area contributed by atoms with E-state index in [1.165, 1.54) is 0 Å². The maximum absolute atomic E-state index is 12.5. The highest BCUT2D eigenvalue weighted by molar-refractivity contribution is 5.71. The minimum Gasteiger partial charge on any atom is -0.410 e. The molecule has 0 spiro atoms. The number of nitrogens with zero attached hydrogens (tertiary/aromatic N) is 3. The van der Waals surface area contributed by atoms with E-state index in [4.69, 9.17) is 10.00 Å². The van der Waals surface area contributed by atoms with Crippen LogP contribution in [0, 0.1) is 23.3 Å². The molecular formula is C15H14F3N3O2. The number of likely N-dealkylation sites (tertiary alicyclic amines) is 2. The lowest BCUT2D eigenvalue weighted by Gasteiger charge is -2.18. The van der Waals surface area contributed by atoms with Crippen LogP contribution in [-0.4, -0.2) is 42.1 Å². The minimum absolute atomic E-state index is 0.0821. The lowest BCUT2D eigenvalue weighted by Crippen LogP contribution is -2.34. The summed E-state index contributed by atoms with van der Waals surface area (Å²) < 4.78 is 42.6. The second-order valence-corrected chi connectivity index (χ2v) is 5.82. The number of nitriles is 1. The largest absolute Gasteiger partial charge is 0.416 e. The van der Waals surface area contributed by atoms with Gasteiger partial charge in [0.25, 0.3) is 0 Å². The molecule has 0 N–H and O–H groups in total. The molecule has 23 heavy (non-hydrogen) atoms. The number of benzene rings is 1. The lowest BCUT2D eigenvalue weighted by molar-refractivity contribution is -0.137. The first-order chi connectivity index (χ1) is 10.9. The van der Waals surface area contributed by atoms with E-state index >= 15 is 0 Å². The fourth-order valence-corrected chi connectivity index (χ4v) is 3.10. The molecule has 1 amide bonds. The molecule has 5 nitrogen and oxygen atoms in total. The van der Waals surface area contributed by atoms with Gasteiger partial charge < -0.3 is 14.5 Å². The number of carbonyl (C=O) groups excluding carboxylic acids is 1. The molecule has 0 aliphatic carbocycles. The zero-order chi connectivity index (χ0) is 16.6. The summed E-state index contributed by atoms with van der Waals surface area (Å²) in [5.74, 6) is 0.573. The van der Waals surface area contributed by atoms with Crippen LogP contribution >= 0.6 is 0 Å². The Kier molecular flexibility index (Phi) is 3.80. The Balaban J connectivity index is 1.58. The zero-order valence-electron chi connectivity index (χ0n) is 12.1. The average molecular weight is 325 g/mol. The van der Waals surface area contributed by atoms with Crippen LogP contribution in [0.25, 0.3) is 0 Å². The van der Waals surface area contributed by atoms with Crippen molar-refractivity contribution in [2.24, 2.45) is 11.8 Å². The number of hydrogen-bond acceptors (Lipinski definition) is 4. The second-order valence-electron chi connectivity index (χ2n) is 5.82. The SMILES string of the molecule is N#CN1CC2CN(C(=O)Oc3ccc(C(F)(F)F)cc3)C[C@H]2C1. The van der Waals surface area contributed by atoms with Gasteiger partial charge in [-0.05, 0) is 24.3 Å². The van der Waals surface area contributed by atoms with Gasteiger partial charge >= 0.3 is 12.3 Å². The Hall–Kier alpha value is -2.43. The first-order valence-corrected chi connectivity index (χ1v) is 7.15. The molecule has 1 unspecified atom stereocenters. The van der Waals surface area contributed by atoms with Crippen LogP contribution in [0.15, 0.2) is 24.3 Å². The van der Waals surface area contributed by atoms with E-state index in [1.807, 2.05) is 0 Å². The molecule has 0 bridgehead atoms. The van der Waals surface area contributed by atoms with E-state index in [0.717, 1.165) is 24.3 Å². The van der Waals surface area contributed by atoms with Gasteiger partial charge in [-0.3, -0.25) is 0 Å². The number of fused-ring (bicyclic) bond motifs is 1. The highest BCUT2D eigenvalue weighted by Crippen LogP contribution is 2.32. The van der Waals surface area contributed by atoms with Gasteiger partial charge in [0.1, 0.15) is 5.75 Å². The minimum atomic E-state index is -4.42. The van der Waals surface area contributed by atoms with Gasteiger partial charge in [0, 0.05) is 38.0 Å². The molecule has 1 aromatic carbocycles. The summed E-state index contributed by atoms with van der Waals surface area (Å²) in [5.41, 5.74) is -0.787. The smallest absolute Gasteiger partial charge is 0.410 e. The zero-order valence-corrected chi connectivity index (χ0v) is 12.1. The fourth-order valence-electron chi connectivity index (χ4n) is 3.10. The van der Waals surface area contributed by atoms with Gasteiger partial charge in [-0.2, -0.15) is 18.4 Å². The van der Waals surface area contributed by atoms with Crippen LogP contribution in [0.5, 0.6) is 5.75 Å². The van der Waals surface area contributed by atoms with Crippen LogP contribution in [0.4, 0.5) is 18.0 Å². The summed E-state index contributed by atoms with van der Waals surface area (Å²) in [4.78, 5) is 15.3. The van der Waals surface area contributed by atoms with E-state index < -0.39 is 17.8 Å². The summed E-state index contributed by atoms with van der Waals surface area (Å²) in [7, 11) is 0. The monoisotopic (exact) mass is 325 g/mol. The maximum atomic E-state index is 12.5. The van der Waals surface area contributed by atoms with Gasteiger partial charge in [-0.1, -0.05) is 0 Å². The van der Waals surface area contributed by atoms with Gasteiger partial charge in [0.2, 0.25) is 0 Å². The van der Waals surface area contributed by atoms with E-state index in [-0.39, 0.29) is 17.6 Å². The fraction of sp³-hybridized carbons (Fsp3) is 0.467. The Bertz CT molecular complexity index is 625. The van der Waals surface area contributed by atoms with Gasteiger partial charge in [-0.15, -0.1) is 0 Å². The standard InChI is InChI=1S/C15H14F3N3O2/c16-15(17,18)12-1-3-13(4-2-12)23-14(22)21-7-10-5-20(9-19)6-11(10)8-21/h1-4,10-11H,5-8H2/t10-,11?/m1/s1. The highest BCUT2D eigenvalue weighted by Gasteiger charge is 2.42. The Morgan fingerprint density at radius 2 is 1.70 bits per heavy atom. The predicted octanol–water partition coefficient (Wildman–Crippen LogP) is 2.55. The summed E-state index contributed by atoms with van der Waals surface area (Å²) in [6.07, 6.45) is -2.88. The molecule has 2 saturated heterocycles. The molecular weight excluding hydrogens is 311 g/mol. The van der Waals surface area contributed by atoms with Gasteiger partial charge in [0.05, 0.1) is 5.56 Å². The molecule has 2 atom stereocenters. The Labute approximate surface area is 130 Å². The summed E-state index contributed by atoms with van der Waals surface area (Å²) in [6, 6.07) is 4.03. The molecule has 2 heterocycles. The van der Waals surface area contributed by atoms with Crippen LogP contribution in [0.1, 0.15) is 5.56 Å². The molecule has 0 aromatic heterocycles. The van der Waals surface area contributed by atoms with E-state index in [9.17, 15) is 18.0 Å². The number of amides is 1. The average Bonchev–Trinajstić information content (AvgIpc) is 3.04. The van der Waals surface area contributed by atoms with Crippen molar-refractivity contribution >= 4 is 6.09 Å². The number of alkyl halides is 3. The molecule has 2 fully saturated rings. The first-order valence-electron chi connectivity index (χ1n) is 7.15. The van der Waals surface area contributed by atoms with E-state index in [1.54, 1.807) is 9.80 Å². The predicted molar refractivity (Wildman–Crippen MR) is 73.2 cm³/mol. The molecule has 0 saturated carbocycles. The van der Waals surface area contributed by atoms with Crippen molar-refractivity contribution in [2.75, 3.05) is 26.2 Å². The van der Waals surface area contributed by atoms with E-state index in [2.05, 4.69) is 6.19 Å². The molecule has 1 aromatic rings. The number of ether oxygens (including phenoxy) is 1. The topological polar surface area (TPSA) is 56.6 Å². The summed E-state index contributed by atoms with van der Waals surface area (Å²) in [5, 5.41) is 8.86. The molecule has 0 radical (unpaired) electrons. The Morgan fingerprint density at radius 3 is 2.17 bits per heavy atom. The molecule has 2 aliphatic rings. The van der Waals surface area contributed by atoms with Crippen molar-refractivity contribution in [3.05, 3.63) is 29.8 Å². The second kappa shape index (κ2) is 5.65. The summed E-state index contributed by atoms with van der Waals surface area (Å²) >= 11 is 0. The third-order valence-electron chi connectivity index (χ3n) is 4.27. The maximum Gasteiger partial charge on any atom is 0.416 e. The summed E-state index contributed by atoms with van der Waals surface area (Å²) in [6.45, 7) is 2.26. The quantitative estimate of drug-likeness (QED) is 0.745. The number of halogens is 3. The molecule has 8 heteroatoms. The number of carbonyl (C=O) groups is 1. The van der Waals surface area contributed by atoms with Crippen molar-refractivity contribution in [1.82, 2.24) is 9.80 Å². The van der Waals surface area contributed by atoms with Crippen molar-refractivity contribution in [1.29, 1.82) is 5.26 Å². The third kappa shape index (κ3) is 3.18. The first kappa shape index (κ1) is 15.5. The van der Waals surface area contributed by atoms with Crippen molar-refractivity contribution in [2.45, 2.75) is 6.18 Å². The normalized spacial score (nSPS) is 23.6. The number of hydrogen-bond donors (Lipinski definition) is 0. The third-order valence-corrected chi connectivity index (χ3v) is 4.27. The van der Waals surface area contributed by atoms with Gasteiger partial charge in [0.15, 0.2) is 6.19 Å².